The topological polar surface area (TPSA) is 92.8 Å². The van der Waals surface area contributed by atoms with E-state index in [0.717, 1.165) is 33.4 Å². The van der Waals surface area contributed by atoms with Gasteiger partial charge in [-0.2, -0.15) is 0 Å². The van der Waals surface area contributed by atoms with Crippen molar-refractivity contribution in [3.8, 4) is 0 Å². The van der Waals surface area contributed by atoms with Crippen molar-refractivity contribution >= 4 is 10.9 Å². The van der Waals surface area contributed by atoms with Gasteiger partial charge in [0.1, 0.15) is 17.6 Å². The van der Waals surface area contributed by atoms with Crippen LogP contribution in [0.15, 0.2) is 106 Å². The van der Waals surface area contributed by atoms with Crippen molar-refractivity contribution in [1.29, 1.82) is 0 Å². The molecule has 3 aromatic carbocycles. The third-order valence-electron chi connectivity index (χ3n) is 6.91. The fourth-order valence-corrected chi connectivity index (χ4v) is 4.98. The third kappa shape index (κ3) is 5.45. The number of benzene rings is 3. The molecule has 0 fully saturated rings. The maximum atomic E-state index is 13.7. The quantitative estimate of drug-likeness (QED) is 0.267. The lowest BCUT2D eigenvalue weighted by Crippen LogP contribution is -2.34. The van der Waals surface area contributed by atoms with E-state index < -0.39 is 6.04 Å². The van der Waals surface area contributed by atoms with Gasteiger partial charge in [0.25, 0.3) is 5.56 Å². The minimum Gasteiger partial charge on any atom is -0.468 e. The van der Waals surface area contributed by atoms with Crippen LogP contribution in [0.4, 0.5) is 4.39 Å². The Balaban J connectivity index is 1.51. The number of H-pyrrole nitrogens is 1. The normalized spacial score (nSPS) is 12.3. The summed E-state index contributed by atoms with van der Waals surface area (Å²) in [5.74, 6) is 0.916. The predicted molar refractivity (Wildman–Crippen MR) is 149 cm³/mol. The third-order valence-corrected chi connectivity index (χ3v) is 6.91. The number of pyridine rings is 1. The lowest BCUT2D eigenvalue weighted by Gasteiger charge is -2.30. The number of rotatable bonds is 9. The number of furan rings is 1. The molecule has 0 saturated heterocycles. The molecule has 1 atom stereocenters. The fourth-order valence-electron chi connectivity index (χ4n) is 4.98. The number of hydrogen-bond acceptors (Lipinski definition) is 6. The zero-order valence-corrected chi connectivity index (χ0v) is 21.9. The highest BCUT2D eigenvalue weighted by Gasteiger charge is 2.31. The standard InChI is InChI=1S/C31H27FN6O2/c1-21-9-12-24-17-27(31(39)33-28(24)16-21)29(30-34-35-36-38(30)19-23-10-13-25(32)14-11-23)37(20-26-8-5-15-40-26)18-22-6-3-2-4-7-22/h2-17,29H,18-20H2,1H3,(H,33,39)/t29-/m0/s1. The van der Waals surface area contributed by atoms with E-state index in [-0.39, 0.29) is 11.4 Å². The highest BCUT2D eigenvalue weighted by Crippen LogP contribution is 2.30. The van der Waals surface area contributed by atoms with E-state index in [2.05, 4.69) is 25.4 Å². The van der Waals surface area contributed by atoms with Crippen molar-refractivity contribution in [3.05, 3.63) is 147 Å². The van der Waals surface area contributed by atoms with Crippen molar-refractivity contribution in [1.82, 2.24) is 30.1 Å². The molecule has 0 unspecified atom stereocenters. The Morgan fingerprint density at radius 3 is 2.55 bits per heavy atom. The van der Waals surface area contributed by atoms with Gasteiger partial charge in [0, 0.05) is 17.6 Å². The van der Waals surface area contributed by atoms with Crippen LogP contribution in [0.2, 0.25) is 0 Å². The van der Waals surface area contributed by atoms with Crippen LogP contribution in [-0.4, -0.2) is 30.1 Å². The molecule has 0 bridgehead atoms. The number of halogens is 1. The number of nitrogens with one attached hydrogen (secondary N) is 1. The van der Waals surface area contributed by atoms with E-state index in [1.165, 1.54) is 12.1 Å². The Bertz CT molecular complexity index is 1780. The molecule has 0 amide bonds. The first-order chi connectivity index (χ1) is 19.5. The molecule has 3 aromatic heterocycles. The fraction of sp³-hybridized carbons (Fsp3) is 0.161. The van der Waals surface area contributed by atoms with E-state index in [0.29, 0.717) is 31.0 Å². The molecule has 0 radical (unpaired) electrons. The summed E-state index contributed by atoms with van der Waals surface area (Å²) in [4.78, 5) is 18.9. The van der Waals surface area contributed by atoms with Crippen LogP contribution in [0.25, 0.3) is 10.9 Å². The highest BCUT2D eigenvalue weighted by molar-refractivity contribution is 5.79. The average Bonchev–Trinajstić information content (AvgIpc) is 3.63. The number of aromatic amines is 1. The van der Waals surface area contributed by atoms with E-state index in [4.69, 9.17) is 4.42 Å². The summed E-state index contributed by atoms with van der Waals surface area (Å²) < 4.78 is 21.0. The summed E-state index contributed by atoms with van der Waals surface area (Å²) in [6, 6.07) is 27.2. The molecule has 200 valence electrons. The summed E-state index contributed by atoms with van der Waals surface area (Å²) in [7, 11) is 0. The Labute approximate surface area is 229 Å². The number of fused-ring (bicyclic) bond motifs is 1. The van der Waals surface area contributed by atoms with Gasteiger partial charge in [-0.1, -0.05) is 54.6 Å². The van der Waals surface area contributed by atoms with Gasteiger partial charge in [0.15, 0.2) is 5.82 Å². The first-order valence-corrected chi connectivity index (χ1v) is 13.0. The van der Waals surface area contributed by atoms with Gasteiger partial charge < -0.3 is 9.40 Å². The molecule has 0 aliphatic carbocycles. The van der Waals surface area contributed by atoms with Gasteiger partial charge in [-0.05, 0) is 75.8 Å². The molecule has 6 rings (SSSR count). The second kappa shape index (κ2) is 11.1. The van der Waals surface area contributed by atoms with E-state index in [9.17, 15) is 9.18 Å². The van der Waals surface area contributed by atoms with Gasteiger partial charge >= 0.3 is 0 Å². The van der Waals surface area contributed by atoms with Crippen LogP contribution in [-0.2, 0) is 19.6 Å². The summed E-state index contributed by atoms with van der Waals surface area (Å²) in [5.41, 5.74) is 3.99. The smallest absolute Gasteiger partial charge is 0.253 e. The molecule has 0 aliphatic heterocycles. The highest BCUT2D eigenvalue weighted by atomic mass is 19.1. The van der Waals surface area contributed by atoms with Crippen LogP contribution < -0.4 is 5.56 Å². The average molecular weight is 535 g/mol. The number of aromatic nitrogens is 5. The number of tetrazole rings is 1. The maximum Gasteiger partial charge on any atom is 0.253 e. The molecule has 0 aliphatic rings. The molecule has 8 nitrogen and oxygen atoms in total. The van der Waals surface area contributed by atoms with Gasteiger partial charge in [0.2, 0.25) is 0 Å². The SMILES string of the molecule is Cc1ccc2cc([C@@H](c3nnnn3Cc3ccc(F)cc3)N(Cc3ccccc3)Cc3ccco3)c(=O)[nH]c2c1. The lowest BCUT2D eigenvalue weighted by molar-refractivity contribution is 0.179. The van der Waals surface area contributed by atoms with Gasteiger partial charge in [-0.15, -0.1) is 5.10 Å². The minimum atomic E-state index is -0.629. The van der Waals surface area contributed by atoms with Crippen LogP contribution in [0.3, 0.4) is 0 Å². The van der Waals surface area contributed by atoms with Crippen molar-refractivity contribution in [2.45, 2.75) is 32.6 Å². The molecule has 9 heteroatoms. The number of aryl methyl sites for hydroxylation is 1. The number of hydrogen-bond donors (Lipinski definition) is 1. The van der Waals surface area contributed by atoms with Crippen LogP contribution in [0, 0.1) is 12.7 Å². The summed E-state index contributed by atoms with van der Waals surface area (Å²) in [5, 5.41) is 13.6. The largest absolute Gasteiger partial charge is 0.468 e. The Hall–Kier alpha value is -4.89. The molecule has 0 spiro atoms. The summed E-state index contributed by atoms with van der Waals surface area (Å²) in [6.07, 6.45) is 1.63. The first-order valence-electron chi connectivity index (χ1n) is 13.0. The maximum absolute atomic E-state index is 13.7. The second-order valence-corrected chi connectivity index (χ2v) is 9.84. The summed E-state index contributed by atoms with van der Waals surface area (Å²) in [6.45, 7) is 3.20. The Kier molecular flexibility index (Phi) is 7.03. The van der Waals surface area contributed by atoms with E-state index >= 15 is 0 Å². The van der Waals surface area contributed by atoms with Gasteiger partial charge in [-0.25, -0.2) is 9.07 Å². The van der Waals surface area contributed by atoms with Crippen LogP contribution in [0.5, 0.6) is 0 Å². The molecule has 1 N–H and O–H groups in total. The summed E-state index contributed by atoms with van der Waals surface area (Å²) >= 11 is 0. The molecular weight excluding hydrogens is 507 g/mol. The van der Waals surface area contributed by atoms with Crippen LogP contribution >= 0.6 is 0 Å². The molecule has 40 heavy (non-hydrogen) atoms. The lowest BCUT2D eigenvalue weighted by atomic mass is 10.0. The van der Waals surface area contributed by atoms with Crippen molar-refractivity contribution in [2.75, 3.05) is 0 Å². The predicted octanol–water partition coefficient (Wildman–Crippen LogP) is 5.40. The zero-order valence-electron chi connectivity index (χ0n) is 21.9. The van der Waals surface area contributed by atoms with Crippen molar-refractivity contribution in [3.63, 3.8) is 0 Å². The molecule has 3 heterocycles. The molecule has 0 saturated carbocycles. The van der Waals surface area contributed by atoms with E-state index in [1.807, 2.05) is 73.7 Å². The first kappa shape index (κ1) is 25.4. The molecule has 6 aromatic rings. The van der Waals surface area contributed by atoms with Gasteiger partial charge in [-0.3, -0.25) is 9.69 Å². The number of nitrogens with zero attached hydrogens (tertiary/aromatic N) is 5. The second-order valence-electron chi connectivity index (χ2n) is 9.84. The van der Waals surface area contributed by atoms with E-state index in [1.54, 1.807) is 23.1 Å². The Morgan fingerprint density at radius 1 is 0.950 bits per heavy atom. The Morgan fingerprint density at radius 2 is 1.77 bits per heavy atom. The van der Waals surface area contributed by atoms with Crippen LogP contribution in [0.1, 0.15) is 39.9 Å². The molecular formula is C31H27FN6O2. The van der Waals surface area contributed by atoms with Crippen molar-refractivity contribution < 1.29 is 8.81 Å². The zero-order chi connectivity index (χ0) is 27.5. The monoisotopic (exact) mass is 534 g/mol. The van der Waals surface area contributed by atoms with Crippen molar-refractivity contribution in [2.24, 2.45) is 0 Å². The minimum absolute atomic E-state index is 0.225. The van der Waals surface area contributed by atoms with Gasteiger partial charge in [0.05, 0.1) is 19.4 Å².